The maximum absolute atomic E-state index is 10.1. The molecule has 0 N–H and O–H groups in total. The van der Waals surface area contributed by atoms with E-state index in [0.717, 1.165) is 105 Å². The number of hydrogen-bond acceptors (Lipinski definition) is 2. The first-order valence-electron chi connectivity index (χ1n) is 43.6. The molecule has 2 heterocycles. The highest BCUT2D eigenvalue weighted by atomic mass is 15.2. The number of para-hydroxylation sites is 6. The molecule has 0 bridgehead atoms. The lowest BCUT2D eigenvalue weighted by Crippen LogP contribution is -2.17. The zero-order valence-corrected chi connectivity index (χ0v) is 58.5. The SMILES string of the molecule is [2H]c1c([2H])c(-c2ccc3c(c2)c2ccccc2n3-c2ccccc2)c([2H])c(N(c2ccc3c(c2)C(C)(C)c2ccccc2-3)c2ccccc2-c2ccccc2)c1[2H].[2H]c1cc(-c2c([2H])c([2H])c([2H])c([2H])c2[2H])c(N(c2ccc3c(c2)C(C)(C)c2ccccc2-3)c2c([2H])c([2H])c([2H])c(-c3ccc4c(c3)c3ccccc3n4-c3ccccc3)c2[2H])c([2H])c1[2H]. The van der Waals surface area contributed by atoms with Crippen molar-refractivity contribution in [3.05, 3.63) is 410 Å². The predicted molar refractivity (Wildman–Crippen MR) is 448 cm³/mol. The van der Waals surface area contributed by atoms with Crippen LogP contribution in [0.5, 0.6) is 0 Å². The van der Waals surface area contributed by atoms with Crippen LogP contribution in [-0.2, 0) is 10.8 Å². The summed E-state index contributed by atoms with van der Waals surface area (Å²) >= 11 is 0. The Morgan fingerprint density at radius 3 is 1.18 bits per heavy atom. The molecule has 0 saturated carbocycles. The first kappa shape index (κ1) is 48.6. The number of fused-ring (bicyclic) bond motifs is 12. The molecule has 0 radical (unpaired) electrons. The predicted octanol–water partition coefficient (Wildman–Crippen LogP) is 27.8. The van der Waals surface area contributed by atoms with Crippen molar-refractivity contribution in [2.24, 2.45) is 0 Å². The number of aromatic nitrogens is 2. The molecule has 0 spiro atoms. The van der Waals surface area contributed by atoms with E-state index in [1.807, 2.05) is 187 Å². The average molecular weight is 1370 g/mol. The highest BCUT2D eigenvalue weighted by Gasteiger charge is 2.38. The van der Waals surface area contributed by atoms with Crippen LogP contribution in [-0.4, -0.2) is 9.13 Å². The first-order chi connectivity index (χ1) is 58.8. The fourth-order valence-corrected chi connectivity index (χ4v) is 16.2. The van der Waals surface area contributed by atoms with Gasteiger partial charge in [-0.25, -0.2) is 0 Å². The molecule has 18 aromatic rings. The highest BCUT2D eigenvalue weighted by molar-refractivity contribution is 6.12. The minimum absolute atomic E-state index is 0.0254. The fourth-order valence-electron chi connectivity index (χ4n) is 16.2. The van der Waals surface area contributed by atoms with Crippen LogP contribution in [0, 0.1) is 0 Å². The quantitative estimate of drug-likeness (QED) is 0.121. The summed E-state index contributed by atoms with van der Waals surface area (Å²) in [6.07, 6.45) is 0. The van der Waals surface area contributed by atoms with Gasteiger partial charge in [0.1, 0.15) is 0 Å². The number of anilines is 6. The van der Waals surface area contributed by atoms with Crippen LogP contribution < -0.4 is 9.80 Å². The van der Waals surface area contributed by atoms with E-state index < -0.39 is 65.8 Å². The van der Waals surface area contributed by atoms with Gasteiger partial charge in [0, 0.05) is 77.6 Å². The van der Waals surface area contributed by atoms with Gasteiger partial charge in [-0.3, -0.25) is 0 Å². The van der Waals surface area contributed by atoms with Gasteiger partial charge in [0.15, 0.2) is 0 Å². The van der Waals surface area contributed by atoms with Crippen LogP contribution in [0.3, 0.4) is 0 Å². The van der Waals surface area contributed by atoms with Crippen molar-refractivity contribution in [2.75, 3.05) is 9.80 Å². The molecule has 106 heavy (non-hydrogen) atoms. The van der Waals surface area contributed by atoms with Crippen LogP contribution in [0.25, 0.3) is 122 Å². The Hall–Kier alpha value is -13.3. The zero-order chi connectivity index (χ0) is 85.0. The van der Waals surface area contributed by atoms with Gasteiger partial charge in [-0.05, 0) is 199 Å². The normalized spacial score (nSPS) is 15.0. The molecule has 4 nitrogen and oxygen atoms in total. The third-order valence-electron chi connectivity index (χ3n) is 21.2. The summed E-state index contributed by atoms with van der Waals surface area (Å²) in [4.78, 5) is 3.35. The van der Waals surface area contributed by atoms with Crippen LogP contribution in [0.4, 0.5) is 34.1 Å². The van der Waals surface area contributed by atoms with Crippen molar-refractivity contribution in [1.29, 1.82) is 0 Å². The molecule has 0 fully saturated rings. The topological polar surface area (TPSA) is 16.3 Å². The van der Waals surface area contributed by atoms with Gasteiger partial charge in [-0.15, -0.1) is 0 Å². The molecule has 16 aromatic carbocycles. The highest BCUT2D eigenvalue weighted by Crippen LogP contribution is 2.54. The molecule has 2 aromatic heterocycles. The summed E-state index contributed by atoms with van der Waals surface area (Å²) in [5.74, 6) is 0. The van der Waals surface area contributed by atoms with E-state index in [-0.39, 0.29) is 81.1 Å². The fraction of sp³-hybridized carbons (Fsp3) is 0.0588. The molecule has 0 aliphatic heterocycles. The number of benzene rings is 16. The molecule has 0 amide bonds. The van der Waals surface area contributed by atoms with Crippen molar-refractivity contribution in [1.82, 2.24) is 9.13 Å². The summed E-state index contributed by atoms with van der Waals surface area (Å²) in [7, 11) is 0. The van der Waals surface area contributed by atoms with E-state index in [9.17, 15) is 12.3 Å². The third-order valence-corrected chi connectivity index (χ3v) is 21.2. The second-order valence-electron chi connectivity index (χ2n) is 27.9. The third kappa shape index (κ3) is 10.7. The first-order valence-corrected chi connectivity index (χ1v) is 35.6. The van der Waals surface area contributed by atoms with E-state index >= 15 is 0 Å². The van der Waals surface area contributed by atoms with E-state index in [0.29, 0.717) is 16.7 Å². The van der Waals surface area contributed by atoms with Gasteiger partial charge >= 0.3 is 0 Å². The minimum atomic E-state index is -0.649. The summed E-state index contributed by atoms with van der Waals surface area (Å²) in [5.41, 5.74) is 18.1. The second kappa shape index (κ2) is 25.9. The van der Waals surface area contributed by atoms with E-state index in [4.69, 9.17) is 9.60 Å². The molecular weight excluding hydrogens is 1280 g/mol. The molecule has 0 atom stereocenters. The Balaban J connectivity index is 0.000000162. The van der Waals surface area contributed by atoms with Gasteiger partial charge in [-0.1, -0.05) is 294 Å². The Morgan fingerprint density at radius 2 is 0.651 bits per heavy atom. The maximum Gasteiger partial charge on any atom is 0.0651 e. The largest absolute Gasteiger partial charge is 0.310 e. The molecule has 2 aliphatic rings. The minimum Gasteiger partial charge on any atom is -0.310 e. The number of hydrogen-bond donors (Lipinski definition) is 0. The van der Waals surface area contributed by atoms with Crippen molar-refractivity contribution in [2.45, 2.75) is 38.5 Å². The van der Waals surface area contributed by atoms with Gasteiger partial charge in [0.2, 0.25) is 0 Å². The van der Waals surface area contributed by atoms with Crippen LogP contribution >= 0.6 is 0 Å². The average Bonchev–Trinajstić information content (AvgIpc) is 1.51. The van der Waals surface area contributed by atoms with Crippen molar-refractivity contribution >= 4 is 77.7 Å². The van der Waals surface area contributed by atoms with E-state index in [2.05, 4.69) is 128 Å². The van der Waals surface area contributed by atoms with Crippen molar-refractivity contribution < 1.29 is 21.9 Å². The maximum atomic E-state index is 10.1. The molecule has 4 heteroatoms. The summed E-state index contributed by atoms with van der Waals surface area (Å²) < 4.78 is 152. The standard InChI is InChI=1S/2C51H38N2/c2*1-51(2)46-25-12-9-23-42(46)43-30-29-40(34-47(43)51)52(48-26-13-10-22-41(48)35-16-5-3-6-17-35)39-21-15-18-36(32-39)37-28-31-50-45(33-37)44-24-11-14-27-49(44)53(50)38-19-7-4-8-20-38/h2*3-34H,1-2H3/i3D,5D,6D,10D,13D,15D,16D,17D,18D,21D,26D,32D;15D,18D,21D,32D. The van der Waals surface area contributed by atoms with Gasteiger partial charge in [-0.2, -0.15) is 0 Å². The number of nitrogens with zero attached hydrogens (tertiary/aromatic N) is 4. The molecule has 504 valence electrons. The molecule has 2 aliphatic carbocycles. The number of rotatable bonds is 12. The summed E-state index contributed by atoms with van der Waals surface area (Å²) in [6.45, 7) is 8.63. The zero-order valence-electron chi connectivity index (χ0n) is 74.5. The Kier molecular flexibility index (Phi) is 11.9. The second-order valence-corrected chi connectivity index (χ2v) is 27.9. The lowest BCUT2D eigenvalue weighted by Gasteiger charge is -2.30. The van der Waals surface area contributed by atoms with Crippen molar-refractivity contribution in [3.8, 4) is 78.1 Å². The van der Waals surface area contributed by atoms with Crippen LogP contribution in [0.2, 0.25) is 0 Å². The van der Waals surface area contributed by atoms with E-state index in [1.165, 1.54) is 27.7 Å². The Morgan fingerprint density at radius 1 is 0.245 bits per heavy atom. The van der Waals surface area contributed by atoms with Gasteiger partial charge < -0.3 is 18.9 Å². The molecule has 0 unspecified atom stereocenters. The lowest BCUT2D eigenvalue weighted by atomic mass is 9.82. The van der Waals surface area contributed by atoms with Crippen LogP contribution in [0.1, 0.15) is 71.9 Å². The smallest absolute Gasteiger partial charge is 0.0651 e. The molecular formula is C102H76N4. The summed E-state index contributed by atoms with van der Waals surface area (Å²) in [6, 6.07) is 88.8. The Labute approximate surface area is 642 Å². The van der Waals surface area contributed by atoms with Crippen LogP contribution in [0.15, 0.2) is 388 Å². The summed E-state index contributed by atoms with van der Waals surface area (Å²) in [5, 5.41) is 3.78. The Bertz CT molecular complexity index is 7400. The van der Waals surface area contributed by atoms with E-state index in [1.54, 1.807) is 12.1 Å². The van der Waals surface area contributed by atoms with Crippen molar-refractivity contribution in [3.63, 3.8) is 0 Å². The molecule has 20 rings (SSSR count). The molecule has 0 saturated heterocycles. The van der Waals surface area contributed by atoms with Gasteiger partial charge in [0.25, 0.3) is 0 Å². The monoisotopic (exact) mass is 1370 g/mol. The lowest BCUT2D eigenvalue weighted by molar-refractivity contribution is 0.660. The van der Waals surface area contributed by atoms with Gasteiger partial charge in [0.05, 0.1) is 55.4 Å².